The Bertz CT molecular complexity index is 649. The van der Waals surface area contributed by atoms with Crippen LogP contribution in [0.25, 0.3) is 0 Å². The molecule has 0 radical (unpaired) electrons. The standard InChI is InChI=1S/C14H11BrClIN2S/c15-9-2-1-3-10(6-9)20-7-11-18-13(8-4-5-8)12(17)14(16)19-11/h1-3,6,8H,4-5,7H2. The molecule has 2 nitrogen and oxygen atoms in total. The second-order valence-electron chi connectivity index (χ2n) is 4.65. The molecule has 0 N–H and O–H groups in total. The van der Waals surface area contributed by atoms with Gasteiger partial charge < -0.3 is 0 Å². The molecule has 0 atom stereocenters. The van der Waals surface area contributed by atoms with Crippen LogP contribution in [0.4, 0.5) is 0 Å². The maximum Gasteiger partial charge on any atom is 0.146 e. The van der Waals surface area contributed by atoms with E-state index >= 15 is 0 Å². The van der Waals surface area contributed by atoms with Gasteiger partial charge in [-0.2, -0.15) is 0 Å². The first kappa shape index (κ1) is 15.1. The van der Waals surface area contributed by atoms with E-state index in [2.05, 4.69) is 55.6 Å². The van der Waals surface area contributed by atoms with E-state index in [1.54, 1.807) is 11.8 Å². The Morgan fingerprint density at radius 3 is 2.85 bits per heavy atom. The summed E-state index contributed by atoms with van der Waals surface area (Å²) in [5.41, 5.74) is 1.13. The molecular weight excluding hydrogens is 470 g/mol. The van der Waals surface area contributed by atoms with Crippen molar-refractivity contribution in [1.82, 2.24) is 9.97 Å². The van der Waals surface area contributed by atoms with Crippen LogP contribution in [0.5, 0.6) is 0 Å². The molecule has 20 heavy (non-hydrogen) atoms. The van der Waals surface area contributed by atoms with Crippen molar-refractivity contribution in [3.8, 4) is 0 Å². The fourth-order valence-electron chi connectivity index (χ4n) is 1.88. The van der Waals surface area contributed by atoms with Gasteiger partial charge in [-0.05, 0) is 53.6 Å². The van der Waals surface area contributed by atoms with E-state index in [9.17, 15) is 0 Å². The number of rotatable bonds is 4. The van der Waals surface area contributed by atoms with E-state index in [0.29, 0.717) is 11.1 Å². The van der Waals surface area contributed by atoms with Crippen molar-refractivity contribution in [1.29, 1.82) is 0 Å². The van der Waals surface area contributed by atoms with Crippen LogP contribution in [-0.2, 0) is 5.75 Å². The molecule has 6 heteroatoms. The molecular formula is C14H11BrClIN2S. The smallest absolute Gasteiger partial charge is 0.146 e. The summed E-state index contributed by atoms with van der Waals surface area (Å²) in [5.74, 6) is 2.16. The van der Waals surface area contributed by atoms with Gasteiger partial charge in [0.2, 0.25) is 0 Å². The van der Waals surface area contributed by atoms with Crippen LogP contribution >= 0.6 is 61.9 Å². The van der Waals surface area contributed by atoms with Crippen molar-refractivity contribution >= 4 is 61.9 Å². The van der Waals surface area contributed by atoms with Crippen LogP contribution in [0.15, 0.2) is 33.6 Å². The second kappa shape index (κ2) is 6.50. The Hall–Kier alpha value is 0.150. The summed E-state index contributed by atoms with van der Waals surface area (Å²) >= 11 is 13.7. The number of thioether (sulfide) groups is 1. The molecule has 1 saturated carbocycles. The molecule has 1 aromatic heterocycles. The highest BCUT2D eigenvalue weighted by molar-refractivity contribution is 14.1. The van der Waals surface area contributed by atoms with E-state index in [4.69, 9.17) is 16.6 Å². The Morgan fingerprint density at radius 2 is 2.15 bits per heavy atom. The first-order chi connectivity index (χ1) is 9.63. The Morgan fingerprint density at radius 1 is 1.35 bits per heavy atom. The van der Waals surface area contributed by atoms with E-state index in [1.807, 2.05) is 12.1 Å². The van der Waals surface area contributed by atoms with Gasteiger partial charge in [0.05, 0.1) is 15.0 Å². The molecule has 104 valence electrons. The highest BCUT2D eigenvalue weighted by Crippen LogP contribution is 2.42. The Kier molecular flexibility index (Phi) is 4.90. The monoisotopic (exact) mass is 480 g/mol. The first-order valence-corrected chi connectivity index (χ1v) is 9.47. The van der Waals surface area contributed by atoms with Crippen LogP contribution in [0.1, 0.15) is 30.3 Å². The van der Waals surface area contributed by atoms with Crippen molar-refractivity contribution in [2.24, 2.45) is 0 Å². The van der Waals surface area contributed by atoms with Crippen molar-refractivity contribution in [2.75, 3.05) is 0 Å². The molecule has 1 aliphatic carbocycles. The average Bonchev–Trinajstić information content (AvgIpc) is 3.24. The summed E-state index contributed by atoms with van der Waals surface area (Å²) in [5, 5.41) is 0.590. The Balaban J connectivity index is 1.77. The van der Waals surface area contributed by atoms with Gasteiger partial charge in [-0.1, -0.05) is 33.6 Å². The lowest BCUT2D eigenvalue weighted by atomic mass is 10.3. The normalized spacial score (nSPS) is 14.6. The topological polar surface area (TPSA) is 25.8 Å². The van der Waals surface area contributed by atoms with E-state index < -0.39 is 0 Å². The molecule has 3 rings (SSSR count). The molecule has 0 spiro atoms. The quantitative estimate of drug-likeness (QED) is 0.320. The van der Waals surface area contributed by atoms with Crippen molar-refractivity contribution in [3.05, 3.63) is 49.0 Å². The van der Waals surface area contributed by atoms with Crippen LogP contribution in [0.3, 0.4) is 0 Å². The van der Waals surface area contributed by atoms with Gasteiger partial charge in [0.25, 0.3) is 0 Å². The third-order valence-corrected chi connectivity index (χ3v) is 6.15. The fourth-order valence-corrected chi connectivity index (χ4v) is 4.11. The van der Waals surface area contributed by atoms with Gasteiger partial charge in [-0.15, -0.1) is 11.8 Å². The summed E-state index contributed by atoms with van der Waals surface area (Å²) in [6, 6.07) is 8.24. The fraction of sp³-hybridized carbons (Fsp3) is 0.286. The molecule has 0 unspecified atom stereocenters. The number of nitrogens with zero attached hydrogens (tertiary/aromatic N) is 2. The average molecular weight is 482 g/mol. The predicted molar refractivity (Wildman–Crippen MR) is 95.4 cm³/mol. The number of benzene rings is 1. The summed E-state index contributed by atoms with van der Waals surface area (Å²) in [6.45, 7) is 0. The Labute approximate surface area is 149 Å². The summed E-state index contributed by atoms with van der Waals surface area (Å²) < 4.78 is 2.10. The van der Waals surface area contributed by atoms with Crippen molar-refractivity contribution < 1.29 is 0 Å². The summed E-state index contributed by atoms with van der Waals surface area (Å²) in [4.78, 5) is 10.3. The maximum atomic E-state index is 6.22. The number of hydrogen-bond donors (Lipinski definition) is 0. The molecule has 1 aromatic carbocycles. The lowest BCUT2D eigenvalue weighted by Crippen LogP contribution is -2.01. The van der Waals surface area contributed by atoms with Gasteiger partial charge in [0.1, 0.15) is 11.0 Å². The predicted octanol–water partition coefficient (Wildman–Crippen LogP) is 5.67. The first-order valence-electron chi connectivity index (χ1n) is 6.23. The van der Waals surface area contributed by atoms with Gasteiger partial charge in [0.15, 0.2) is 0 Å². The minimum absolute atomic E-state index is 0.590. The maximum absolute atomic E-state index is 6.22. The lowest BCUT2D eigenvalue weighted by molar-refractivity contribution is 0.918. The third kappa shape index (κ3) is 3.67. The largest absolute Gasteiger partial charge is 0.236 e. The molecule has 2 aromatic rings. The van der Waals surface area contributed by atoms with Crippen LogP contribution in [0, 0.1) is 3.57 Å². The molecule has 0 saturated heterocycles. The zero-order valence-corrected chi connectivity index (χ0v) is 15.8. The molecule has 1 fully saturated rings. The van der Waals surface area contributed by atoms with E-state index in [0.717, 1.165) is 25.3 Å². The third-order valence-electron chi connectivity index (χ3n) is 3.01. The van der Waals surface area contributed by atoms with Crippen LogP contribution in [0.2, 0.25) is 5.15 Å². The zero-order valence-electron chi connectivity index (χ0n) is 10.4. The van der Waals surface area contributed by atoms with Gasteiger partial charge >= 0.3 is 0 Å². The minimum Gasteiger partial charge on any atom is -0.236 e. The SMILES string of the molecule is Clc1nc(CSc2cccc(Br)c2)nc(C2CC2)c1I. The van der Waals surface area contributed by atoms with E-state index in [1.165, 1.54) is 17.7 Å². The molecule has 0 aliphatic heterocycles. The van der Waals surface area contributed by atoms with Crippen LogP contribution in [-0.4, -0.2) is 9.97 Å². The van der Waals surface area contributed by atoms with Gasteiger partial charge in [0, 0.05) is 15.3 Å². The summed E-state index contributed by atoms with van der Waals surface area (Å²) in [7, 11) is 0. The van der Waals surface area contributed by atoms with Gasteiger partial charge in [-0.3, -0.25) is 0 Å². The lowest BCUT2D eigenvalue weighted by Gasteiger charge is -2.07. The summed E-state index contributed by atoms with van der Waals surface area (Å²) in [6.07, 6.45) is 2.45. The number of hydrogen-bond acceptors (Lipinski definition) is 3. The molecule has 0 amide bonds. The minimum atomic E-state index is 0.590. The van der Waals surface area contributed by atoms with Crippen molar-refractivity contribution in [2.45, 2.75) is 29.4 Å². The second-order valence-corrected chi connectivity index (χ2v) is 8.05. The van der Waals surface area contributed by atoms with Crippen LogP contribution < -0.4 is 0 Å². The number of halogens is 3. The molecule has 0 bridgehead atoms. The highest BCUT2D eigenvalue weighted by atomic mass is 127. The molecule has 1 heterocycles. The van der Waals surface area contributed by atoms with Gasteiger partial charge in [-0.25, -0.2) is 9.97 Å². The van der Waals surface area contributed by atoms with Crippen molar-refractivity contribution in [3.63, 3.8) is 0 Å². The number of aromatic nitrogens is 2. The molecule has 1 aliphatic rings. The zero-order chi connectivity index (χ0) is 14.1. The highest BCUT2D eigenvalue weighted by Gasteiger charge is 2.29. The van der Waals surface area contributed by atoms with E-state index in [-0.39, 0.29) is 0 Å².